The summed E-state index contributed by atoms with van der Waals surface area (Å²) in [7, 11) is 0. The normalized spacial score (nSPS) is 11.2. The second kappa shape index (κ2) is 6.64. The summed E-state index contributed by atoms with van der Waals surface area (Å²) < 4.78 is 65.6. The van der Waals surface area contributed by atoms with Crippen molar-refractivity contribution in [2.24, 2.45) is 0 Å². The first-order valence-corrected chi connectivity index (χ1v) is 6.30. The zero-order valence-corrected chi connectivity index (χ0v) is 11.7. The van der Waals surface area contributed by atoms with Gasteiger partial charge in [0.15, 0.2) is 5.69 Å². The van der Waals surface area contributed by atoms with Gasteiger partial charge in [0.2, 0.25) is 5.95 Å². The van der Waals surface area contributed by atoms with E-state index in [1.165, 1.54) is 0 Å². The first-order chi connectivity index (χ1) is 11.2. The van der Waals surface area contributed by atoms with Crippen LogP contribution in [0.15, 0.2) is 24.3 Å². The van der Waals surface area contributed by atoms with Gasteiger partial charge in [0.25, 0.3) is 0 Å². The van der Waals surface area contributed by atoms with E-state index in [0.717, 1.165) is 18.2 Å². The fraction of sp³-hybridized carbons (Fsp3) is 0.154. The summed E-state index contributed by atoms with van der Waals surface area (Å²) in [6, 6.07) is 3.33. The molecule has 0 atom stereocenters. The van der Waals surface area contributed by atoms with Gasteiger partial charge in [-0.2, -0.15) is 18.2 Å². The summed E-state index contributed by atoms with van der Waals surface area (Å²) in [5, 5.41) is 12.7. The predicted octanol–water partition coefficient (Wildman–Crippen LogP) is 3.01. The number of para-hydroxylation sites is 1. The van der Waals surface area contributed by atoms with Gasteiger partial charge in [-0.25, -0.2) is 13.8 Å². The number of alkyl halides is 3. The number of benzene rings is 1. The Kier molecular flexibility index (Phi) is 4.81. The van der Waals surface area contributed by atoms with Gasteiger partial charge in [0.05, 0.1) is 0 Å². The number of carboxylic acid groups (broad SMARTS) is 1. The van der Waals surface area contributed by atoms with Gasteiger partial charge >= 0.3 is 12.1 Å². The summed E-state index contributed by atoms with van der Waals surface area (Å²) in [5.41, 5.74) is -2.11. The molecule has 1 aromatic carbocycles. The highest BCUT2D eigenvalue weighted by Gasteiger charge is 2.34. The Morgan fingerprint density at radius 2 is 1.79 bits per heavy atom. The average Bonchev–Trinajstić information content (AvgIpc) is 2.48. The number of anilines is 3. The molecular formula is C13H9F5N4O2. The van der Waals surface area contributed by atoms with Crippen LogP contribution in [0, 0.1) is 11.6 Å². The highest BCUT2D eigenvalue weighted by atomic mass is 19.4. The Hall–Kier alpha value is -2.98. The van der Waals surface area contributed by atoms with Crippen molar-refractivity contribution in [2.45, 2.75) is 6.18 Å². The Morgan fingerprint density at radius 3 is 2.33 bits per heavy atom. The third kappa shape index (κ3) is 4.27. The van der Waals surface area contributed by atoms with Crippen LogP contribution < -0.4 is 10.6 Å². The summed E-state index contributed by atoms with van der Waals surface area (Å²) in [6.45, 7) is -0.741. The molecule has 24 heavy (non-hydrogen) atoms. The van der Waals surface area contributed by atoms with Gasteiger partial charge in [-0.3, -0.25) is 4.79 Å². The SMILES string of the molecule is O=C(O)CNc1nc(Nc2c(F)cccc2F)cc(C(F)(F)F)n1. The van der Waals surface area contributed by atoms with E-state index < -0.39 is 53.5 Å². The predicted molar refractivity (Wildman–Crippen MR) is 72.8 cm³/mol. The lowest BCUT2D eigenvalue weighted by molar-refractivity contribution is -0.141. The van der Waals surface area contributed by atoms with Crippen molar-refractivity contribution in [1.29, 1.82) is 0 Å². The molecule has 0 unspecified atom stereocenters. The molecule has 6 nitrogen and oxygen atoms in total. The number of nitrogens with one attached hydrogen (secondary N) is 2. The molecule has 2 aromatic rings. The van der Waals surface area contributed by atoms with Crippen molar-refractivity contribution >= 4 is 23.4 Å². The Labute approximate surface area is 131 Å². The van der Waals surface area contributed by atoms with Crippen LogP contribution in [0.2, 0.25) is 0 Å². The van der Waals surface area contributed by atoms with Gasteiger partial charge in [-0.05, 0) is 12.1 Å². The van der Waals surface area contributed by atoms with Crippen molar-refractivity contribution in [3.8, 4) is 0 Å². The largest absolute Gasteiger partial charge is 0.480 e. The summed E-state index contributed by atoms with van der Waals surface area (Å²) >= 11 is 0. The third-order valence-electron chi connectivity index (χ3n) is 2.63. The average molecular weight is 348 g/mol. The number of aliphatic carboxylic acids is 1. The van der Waals surface area contributed by atoms with Crippen LogP contribution in [-0.2, 0) is 11.0 Å². The maximum absolute atomic E-state index is 13.6. The van der Waals surface area contributed by atoms with Crippen LogP contribution in [-0.4, -0.2) is 27.6 Å². The molecule has 0 aliphatic carbocycles. The number of nitrogens with zero attached hydrogens (tertiary/aromatic N) is 2. The van der Waals surface area contributed by atoms with Gasteiger partial charge < -0.3 is 15.7 Å². The highest BCUT2D eigenvalue weighted by Crippen LogP contribution is 2.31. The van der Waals surface area contributed by atoms with E-state index in [9.17, 15) is 26.7 Å². The second-order valence-corrected chi connectivity index (χ2v) is 4.43. The number of hydrogen-bond donors (Lipinski definition) is 3. The van der Waals surface area contributed by atoms with E-state index in [4.69, 9.17) is 5.11 Å². The summed E-state index contributed by atoms with van der Waals surface area (Å²) in [5.74, 6) is -4.66. The molecule has 0 spiro atoms. The molecule has 3 N–H and O–H groups in total. The Bertz CT molecular complexity index is 746. The molecule has 2 rings (SSSR count). The Morgan fingerprint density at radius 1 is 1.17 bits per heavy atom. The first-order valence-electron chi connectivity index (χ1n) is 6.30. The molecule has 0 saturated carbocycles. The fourth-order valence-corrected chi connectivity index (χ4v) is 1.64. The van der Waals surface area contributed by atoms with Crippen molar-refractivity contribution in [3.05, 3.63) is 41.6 Å². The fourth-order valence-electron chi connectivity index (χ4n) is 1.64. The Balaban J connectivity index is 2.41. The molecule has 1 heterocycles. The number of aromatic nitrogens is 2. The van der Waals surface area contributed by atoms with Gasteiger partial charge in [0, 0.05) is 6.07 Å². The van der Waals surface area contributed by atoms with E-state index in [1.54, 1.807) is 0 Å². The smallest absolute Gasteiger partial charge is 0.433 e. The van der Waals surface area contributed by atoms with Gasteiger partial charge in [-0.15, -0.1) is 0 Å². The molecule has 0 fully saturated rings. The zero-order valence-electron chi connectivity index (χ0n) is 11.7. The summed E-state index contributed by atoms with van der Waals surface area (Å²) in [6.07, 6.45) is -4.87. The van der Waals surface area contributed by atoms with Crippen molar-refractivity contribution in [1.82, 2.24) is 9.97 Å². The van der Waals surface area contributed by atoms with Crippen LogP contribution >= 0.6 is 0 Å². The minimum atomic E-state index is -4.87. The van der Waals surface area contributed by atoms with E-state index in [-0.39, 0.29) is 0 Å². The molecule has 128 valence electrons. The number of hydrogen-bond acceptors (Lipinski definition) is 5. The quantitative estimate of drug-likeness (QED) is 0.720. The van der Waals surface area contributed by atoms with Gasteiger partial charge in [0.1, 0.15) is 29.7 Å². The molecule has 0 radical (unpaired) electrons. The lowest BCUT2D eigenvalue weighted by Gasteiger charge is -2.13. The van der Waals surface area contributed by atoms with Crippen LogP contribution in [0.3, 0.4) is 0 Å². The number of rotatable bonds is 5. The van der Waals surface area contributed by atoms with Crippen molar-refractivity contribution in [2.75, 3.05) is 17.2 Å². The minimum absolute atomic E-state index is 0.442. The van der Waals surface area contributed by atoms with Crippen molar-refractivity contribution < 1.29 is 31.9 Å². The number of halogens is 5. The van der Waals surface area contributed by atoms with Crippen LogP contribution in [0.1, 0.15) is 5.69 Å². The number of carbonyl (C=O) groups is 1. The standard InChI is InChI=1S/C13H9F5N4O2/c14-6-2-1-3-7(15)11(6)21-9-4-8(13(16,17)18)20-12(22-9)19-5-10(23)24/h1-4H,5H2,(H,23,24)(H2,19,20,21,22). The maximum Gasteiger partial charge on any atom is 0.433 e. The van der Waals surface area contributed by atoms with E-state index in [1.807, 2.05) is 0 Å². The lowest BCUT2D eigenvalue weighted by Crippen LogP contribution is -2.17. The van der Waals surface area contributed by atoms with E-state index in [0.29, 0.717) is 6.07 Å². The molecule has 11 heteroatoms. The zero-order chi connectivity index (χ0) is 17.9. The maximum atomic E-state index is 13.6. The summed E-state index contributed by atoms with van der Waals surface area (Å²) in [4.78, 5) is 17.2. The van der Waals surface area contributed by atoms with Gasteiger partial charge in [-0.1, -0.05) is 6.07 Å². The monoisotopic (exact) mass is 348 g/mol. The second-order valence-electron chi connectivity index (χ2n) is 4.43. The number of carboxylic acids is 1. The molecule has 0 aliphatic rings. The van der Waals surface area contributed by atoms with Crippen LogP contribution in [0.25, 0.3) is 0 Å². The lowest BCUT2D eigenvalue weighted by atomic mass is 10.3. The molecule has 0 saturated heterocycles. The molecule has 0 amide bonds. The highest BCUT2D eigenvalue weighted by molar-refractivity contribution is 5.72. The molecule has 0 bridgehead atoms. The van der Waals surface area contributed by atoms with Crippen LogP contribution in [0.5, 0.6) is 0 Å². The van der Waals surface area contributed by atoms with E-state index in [2.05, 4.69) is 20.6 Å². The van der Waals surface area contributed by atoms with Crippen molar-refractivity contribution in [3.63, 3.8) is 0 Å². The first kappa shape index (κ1) is 17.4. The molecule has 1 aromatic heterocycles. The third-order valence-corrected chi connectivity index (χ3v) is 2.63. The van der Waals surface area contributed by atoms with Crippen LogP contribution in [0.4, 0.5) is 39.4 Å². The molecular weight excluding hydrogens is 339 g/mol. The van der Waals surface area contributed by atoms with E-state index >= 15 is 0 Å². The minimum Gasteiger partial charge on any atom is -0.480 e. The topological polar surface area (TPSA) is 87.1 Å². The molecule has 0 aliphatic heterocycles.